The summed E-state index contributed by atoms with van der Waals surface area (Å²) in [5, 5.41) is 12.0. The number of nitrogens with zero attached hydrogens (tertiary/aromatic N) is 5. The average Bonchev–Trinajstić information content (AvgIpc) is 3.15. The second-order valence-corrected chi connectivity index (χ2v) is 8.76. The van der Waals surface area contributed by atoms with Crippen LogP contribution in [0.1, 0.15) is 22.3 Å². The number of aryl methyl sites for hydroxylation is 1. The molecule has 2 aromatic carbocycles. The van der Waals surface area contributed by atoms with E-state index >= 15 is 0 Å². The number of hydrogen-bond donors (Lipinski definition) is 0. The van der Waals surface area contributed by atoms with Crippen molar-refractivity contribution in [1.82, 2.24) is 20.2 Å². The molecule has 2 heterocycles. The van der Waals surface area contributed by atoms with Crippen LogP contribution < -0.4 is 4.31 Å². The van der Waals surface area contributed by atoms with Crippen molar-refractivity contribution in [2.24, 2.45) is 0 Å². The first-order valence-electron chi connectivity index (χ1n) is 8.99. The van der Waals surface area contributed by atoms with E-state index in [-0.39, 0.29) is 18.1 Å². The fraction of sp³-hybridized carbons (Fsp3) is 0.263. The summed E-state index contributed by atoms with van der Waals surface area (Å²) in [5.74, 6) is -0.280. The SMILES string of the molecule is CS(=O)(=O)N1CCCc2cc(C(=O)Cn3nnc(-c4ccc(F)cc4)n3)ccc21. The Morgan fingerprint density at radius 3 is 2.66 bits per heavy atom. The topological polar surface area (TPSA) is 98.1 Å². The van der Waals surface area contributed by atoms with Gasteiger partial charge >= 0.3 is 0 Å². The van der Waals surface area contributed by atoms with E-state index in [2.05, 4.69) is 15.4 Å². The first-order chi connectivity index (χ1) is 13.8. The van der Waals surface area contributed by atoms with Crippen molar-refractivity contribution in [3.8, 4) is 11.4 Å². The molecule has 10 heteroatoms. The van der Waals surface area contributed by atoms with Gasteiger partial charge in [0.2, 0.25) is 15.8 Å². The van der Waals surface area contributed by atoms with Crippen LogP contribution in [0.4, 0.5) is 10.1 Å². The van der Waals surface area contributed by atoms with Crippen LogP contribution in [0, 0.1) is 5.82 Å². The molecule has 150 valence electrons. The third-order valence-electron chi connectivity index (χ3n) is 4.72. The number of carbonyl (C=O) groups is 1. The number of fused-ring (bicyclic) bond motifs is 1. The van der Waals surface area contributed by atoms with Crippen molar-refractivity contribution in [3.05, 3.63) is 59.4 Å². The van der Waals surface area contributed by atoms with Crippen molar-refractivity contribution in [1.29, 1.82) is 0 Å². The Bertz CT molecular complexity index is 1170. The molecule has 0 N–H and O–H groups in total. The van der Waals surface area contributed by atoms with Crippen LogP contribution in [0.2, 0.25) is 0 Å². The molecule has 0 unspecified atom stereocenters. The monoisotopic (exact) mass is 415 g/mol. The van der Waals surface area contributed by atoms with E-state index in [1.165, 1.54) is 39.6 Å². The number of Topliss-reactive ketones (excluding diaryl/α,β-unsaturated/α-hetero) is 1. The minimum atomic E-state index is -3.35. The minimum absolute atomic E-state index is 0.108. The highest BCUT2D eigenvalue weighted by molar-refractivity contribution is 7.92. The predicted molar refractivity (Wildman–Crippen MR) is 104 cm³/mol. The van der Waals surface area contributed by atoms with E-state index < -0.39 is 10.0 Å². The van der Waals surface area contributed by atoms with Crippen LogP contribution in [0.3, 0.4) is 0 Å². The number of ketones is 1. The first-order valence-corrected chi connectivity index (χ1v) is 10.8. The summed E-state index contributed by atoms with van der Waals surface area (Å²) in [6.07, 6.45) is 2.58. The maximum atomic E-state index is 13.0. The molecule has 0 atom stereocenters. The van der Waals surface area contributed by atoms with E-state index in [1.807, 2.05) is 0 Å². The number of carbonyl (C=O) groups excluding carboxylic acids is 1. The maximum absolute atomic E-state index is 13.0. The van der Waals surface area contributed by atoms with Crippen molar-refractivity contribution >= 4 is 21.5 Å². The van der Waals surface area contributed by atoms with E-state index in [1.54, 1.807) is 18.2 Å². The number of sulfonamides is 1. The summed E-state index contributed by atoms with van der Waals surface area (Å²) < 4.78 is 38.3. The molecule has 1 aliphatic heterocycles. The summed E-state index contributed by atoms with van der Waals surface area (Å²) in [4.78, 5) is 13.8. The number of tetrazole rings is 1. The molecule has 0 saturated heterocycles. The number of aromatic nitrogens is 4. The summed E-state index contributed by atoms with van der Waals surface area (Å²) in [5.41, 5.74) is 2.50. The van der Waals surface area contributed by atoms with E-state index in [9.17, 15) is 17.6 Å². The lowest BCUT2D eigenvalue weighted by atomic mass is 9.99. The molecular formula is C19H18FN5O3S. The molecule has 0 bridgehead atoms. The molecule has 0 saturated carbocycles. The van der Waals surface area contributed by atoms with Crippen LogP contribution in [-0.2, 0) is 23.0 Å². The average molecular weight is 415 g/mol. The van der Waals surface area contributed by atoms with Crippen molar-refractivity contribution < 1.29 is 17.6 Å². The fourth-order valence-electron chi connectivity index (χ4n) is 3.32. The van der Waals surface area contributed by atoms with Gasteiger partial charge in [-0.15, -0.1) is 10.2 Å². The lowest BCUT2D eigenvalue weighted by molar-refractivity contribution is 0.0961. The number of hydrogen-bond acceptors (Lipinski definition) is 6. The summed E-state index contributed by atoms with van der Waals surface area (Å²) in [6.45, 7) is 0.330. The fourth-order valence-corrected chi connectivity index (χ4v) is 4.32. The third kappa shape index (κ3) is 4.02. The van der Waals surface area contributed by atoms with Gasteiger partial charge in [-0.1, -0.05) is 0 Å². The van der Waals surface area contributed by atoms with Gasteiger partial charge in [-0.05, 0) is 66.1 Å². The first kappa shape index (κ1) is 19.2. The van der Waals surface area contributed by atoms with Gasteiger partial charge in [0.1, 0.15) is 12.4 Å². The van der Waals surface area contributed by atoms with Gasteiger partial charge in [0.05, 0.1) is 11.9 Å². The molecular weight excluding hydrogens is 397 g/mol. The van der Waals surface area contributed by atoms with Gasteiger partial charge in [-0.3, -0.25) is 9.10 Å². The van der Waals surface area contributed by atoms with Crippen LogP contribution in [0.15, 0.2) is 42.5 Å². The molecule has 4 rings (SSSR count). The van der Waals surface area contributed by atoms with Crippen LogP contribution in [-0.4, -0.2) is 47.2 Å². The van der Waals surface area contributed by atoms with Crippen LogP contribution in [0.5, 0.6) is 0 Å². The highest BCUT2D eigenvalue weighted by Gasteiger charge is 2.24. The standard InChI is InChI=1S/C19H18FN5O3S/c1-29(27,28)24-10-2-3-14-11-15(6-9-17(14)24)18(26)12-25-22-19(21-23-25)13-4-7-16(20)8-5-13/h4-9,11H,2-3,10,12H2,1H3. The van der Waals surface area contributed by atoms with Gasteiger partial charge < -0.3 is 0 Å². The minimum Gasteiger partial charge on any atom is -0.292 e. The van der Waals surface area contributed by atoms with Crippen LogP contribution >= 0.6 is 0 Å². The molecule has 0 spiro atoms. The quantitative estimate of drug-likeness (QED) is 0.592. The Balaban J connectivity index is 1.53. The number of halogens is 1. The molecule has 0 amide bonds. The number of benzene rings is 2. The highest BCUT2D eigenvalue weighted by Crippen LogP contribution is 2.30. The van der Waals surface area contributed by atoms with Gasteiger partial charge in [0.25, 0.3) is 0 Å². The van der Waals surface area contributed by atoms with E-state index in [0.717, 1.165) is 5.56 Å². The van der Waals surface area contributed by atoms with Gasteiger partial charge in [-0.25, -0.2) is 12.8 Å². The molecule has 0 radical (unpaired) electrons. The Kier molecular flexibility index (Phi) is 4.87. The molecule has 0 aliphatic carbocycles. The van der Waals surface area contributed by atoms with E-state index in [0.29, 0.717) is 42.0 Å². The second-order valence-electron chi connectivity index (χ2n) is 6.86. The molecule has 8 nitrogen and oxygen atoms in total. The zero-order valence-corrected chi connectivity index (χ0v) is 16.4. The van der Waals surface area contributed by atoms with Crippen LogP contribution in [0.25, 0.3) is 11.4 Å². The van der Waals surface area contributed by atoms with Gasteiger partial charge in [0, 0.05) is 17.7 Å². The smallest absolute Gasteiger partial charge is 0.232 e. The summed E-state index contributed by atoms with van der Waals surface area (Å²) in [7, 11) is -3.35. The lowest BCUT2D eigenvalue weighted by Crippen LogP contribution is -2.34. The second kappa shape index (κ2) is 7.36. The zero-order chi connectivity index (χ0) is 20.6. The summed E-state index contributed by atoms with van der Waals surface area (Å²) in [6, 6.07) is 10.7. The number of anilines is 1. The van der Waals surface area contributed by atoms with Gasteiger partial charge in [0.15, 0.2) is 5.78 Å². The highest BCUT2D eigenvalue weighted by atomic mass is 32.2. The normalized spacial score (nSPS) is 13.9. The Labute approximate surface area is 167 Å². The molecule has 0 fully saturated rings. The number of rotatable bonds is 5. The largest absolute Gasteiger partial charge is 0.292 e. The maximum Gasteiger partial charge on any atom is 0.232 e. The Morgan fingerprint density at radius 1 is 1.17 bits per heavy atom. The molecule has 3 aromatic rings. The third-order valence-corrected chi connectivity index (χ3v) is 5.90. The Morgan fingerprint density at radius 2 is 1.93 bits per heavy atom. The van der Waals surface area contributed by atoms with E-state index in [4.69, 9.17) is 0 Å². The molecule has 29 heavy (non-hydrogen) atoms. The van der Waals surface area contributed by atoms with Crippen molar-refractivity contribution in [2.45, 2.75) is 19.4 Å². The molecule has 1 aromatic heterocycles. The van der Waals surface area contributed by atoms with Gasteiger partial charge in [-0.2, -0.15) is 4.80 Å². The van der Waals surface area contributed by atoms with Crippen molar-refractivity contribution in [3.63, 3.8) is 0 Å². The lowest BCUT2D eigenvalue weighted by Gasteiger charge is -2.29. The predicted octanol–water partition coefficient (Wildman–Crippen LogP) is 2.07. The summed E-state index contributed by atoms with van der Waals surface area (Å²) >= 11 is 0. The zero-order valence-electron chi connectivity index (χ0n) is 15.6. The molecule has 1 aliphatic rings. The Hall–Kier alpha value is -3.14. The van der Waals surface area contributed by atoms with Crippen molar-refractivity contribution in [2.75, 3.05) is 17.1 Å².